The lowest BCUT2D eigenvalue weighted by molar-refractivity contribution is 0.276. The molecule has 0 bridgehead atoms. The van der Waals surface area contributed by atoms with Crippen molar-refractivity contribution in [2.75, 3.05) is 17.2 Å². The molecular weight excluding hydrogens is 335 g/mol. The minimum atomic E-state index is -0.480. The van der Waals surface area contributed by atoms with Crippen molar-refractivity contribution in [2.45, 2.75) is 6.04 Å². The topological polar surface area (TPSA) is 98.7 Å². The van der Waals surface area contributed by atoms with Gasteiger partial charge in [0.2, 0.25) is 5.95 Å². The zero-order chi connectivity index (χ0) is 16.9. The predicted octanol–water partition coefficient (Wildman–Crippen LogP) is 2.88. The third-order valence-corrected chi connectivity index (χ3v) is 3.53. The van der Waals surface area contributed by atoms with Crippen LogP contribution >= 0.6 is 11.6 Å². The fraction of sp³-hybridized carbons (Fsp3) is 0.133. The number of benzene rings is 1. The maximum atomic E-state index is 13.0. The minimum Gasteiger partial charge on any atom is -0.394 e. The fourth-order valence-corrected chi connectivity index (χ4v) is 2.20. The van der Waals surface area contributed by atoms with Crippen molar-refractivity contribution < 1.29 is 9.50 Å². The number of aliphatic hydroxyl groups is 1. The number of aliphatic hydroxyl groups excluding tert-OH is 1. The quantitative estimate of drug-likeness (QED) is 0.546. The van der Waals surface area contributed by atoms with Gasteiger partial charge >= 0.3 is 0 Å². The Balaban J connectivity index is 1.79. The average molecular weight is 349 g/mol. The summed E-state index contributed by atoms with van der Waals surface area (Å²) in [6.07, 6.45) is 3.03. The molecule has 0 aliphatic carbocycles. The molecule has 2 heterocycles. The summed E-state index contributed by atoms with van der Waals surface area (Å²) in [6, 6.07) is 7.07. The number of aromatic nitrogens is 4. The Morgan fingerprint density at radius 3 is 2.71 bits per heavy atom. The molecule has 0 saturated heterocycles. The number of anilines is 3. The first-order valence-corrected chi connectivity index (χ1v) is 7.45. The molecule has 4 N–H and O–H groups in total. The second-order valence-corrected chi connectivity index (χ2v) is 5.32. The number of halogens is 2. The van der Waals surface area contributed by atoms with Gasteiger partial charge in [0.1, 0.15) is 16.7 Å². The molecule has 1 aromatic carbocycles. The Kier molecular flexibility index (Phi) is 4.88. The summed E-state index contributed by atoms with van der Waals surface area (Å²) in [5.74, 6) is 0.932. The molecule has 2 aromatic heterocycles. The number of nitrogens with one attached hydrogen (secondary N) is 3. The highest BCUT2D eigenvalue weighted by Crippen LogP contribution is 2.24. The van der Waals surface area contributed by atoms with Crippen molar-refractivity contribution in [3.63, 3.8) is 0 Å². The van der Waals surface area contributed by atoms with Gasteiger partial charge in [0, 0.05) is 6.07 Å². The lowest BCUT2D eigenvalue weighted by Crippen LogP contribution is -2.17. The van der Waals surface area contributed by atoms with Gasteiger partial charge in [0.25, 0.3) is 0 Å². The van der Waals surface area contributed by atoms with Crippen LogP contribution in [0.25, 0.3) is 0 Å². The third kappa shape index (κ3) is 3.79. The van der Waals surface area contributed by atoms with Gasteiger partial charge in [-0.1, -0.05) is 23.7 Å². The fourth-order valence-electron chi connectivity index (χ4n) is 2.06. The van der Waals surface area contributed by atoms with Crippen LogP contribution in [0.1, 0.15) is 11.6 Å². The monoisotopic (exact) mass is 348 g/mol. The molecule has 7 nitrogen and oxygen atoms in total. The molecule has 1 atom stereocenters. The lowest BCUT2D eigenvalue weighted by atomic mass is 10.1. The van der Waals surface area contributed by atoms with E-state index in [2.05, 4.69) is 30.8 Å². The number of hydrogen-bond donors (Lipinski definition) is 4. The van der Waals surface area contributed by atoms with Gasteiger partial charge in [-0.25, -0.2) is 9.37 Å². The van der Waals surface area contributed by atoms with Crippen LogP contribution in [0.5, 0.6) is 0 Å². The summed E-state index contributed by atoms with van der Waals surface area (Å²) >= 11 is 6.08. The van der Waals surface area contributed by atoms with E-state index in [1.165, 1.54) is 18.3 Å². The maximum absolute atomic E-state index is 13.0. The molecular formula is C15H14ClFN6O. The van der Waals surface area contributed by atoms with E-state index in [1.807, 2.05) is 0 Å². The van der Waals surface area contributed by atoms with E-state index in [-0.39, 0.29) is 18.4 Å². The molecule has 3 rings (SSSR count). The van der Waals surface area contributed by atoms with E-state index in [4.69, 9.17) is 11.6 Å². The van der Waals surface area contributed by atoms with Gasteiger partial charge in [-0.3, -0.25) is 5.10 Å². The Labute approximate surface area is 141 Å². The molecule has 0 aliphatic heterocycles. The largest absolute Gasteiger partial charge is 0.394 e. The zero-order valence-electron chi connectivity index (χ0n) is 12.4. The number of rotatable bonds is 6. The molecule has 9 heteroatoms. The molecule has 0 amide bonds. The van der Waals surface area contributed by atoms with Crippen molar-refractivity contribution in [1.29, 1.82) is 0 Å². The Morgan fingerprint density at radius 1 is 1.25 bits per heavy atom. The molecule has 124 valence electrons. The van der Waals surface area contributed by atoms with E-state index in [1.54, 1.807) is 24.4 Å². The molecule has 0 spiro atoms. The van der Waals surface area contributed by atoms with Gasteiger partial charge < -0.3 is 15.7 Å². The predicted molar refractivity (Wildman–Crippen MR) is 88.8 cm³/mol. The molecule has 0 radical (unpaired) electrons. The van der Waals surface area contributed by atoms with Gasteiger partial charge in [-0.2, -0.15) is 10.1 Å². The number of nitrogens with zero attached hydrogens (tertiary/aromatic N) is 3. The van der Waals surface area contributed by atoms with E-state index in [0.29, 0.717) is 22.2 Å². The standard InChI is InChI=1S/C15H14ClFN6O/c16-11-7-18-15(22-14(11)21-13-5-6-19-23-13)20-12(8-24)9-1-3-10(17)4-2-9/h1-7,12,24H,8H2,(H3,18,19,20,21,22,23)/t12-/m0/s1. The Morgan fingerprint density at radius 2 is 2.04 bits per heavy atom. The summed E-state index contributed by atoms with van der Waals surface area (Å²) in [7, 11) is 0. The van der Waals surface area contributed by atoms with Crippen LogP contribution in [-0.4, -0.2) is 31.9 Å². The molecule has 24 heavy (non-hydrogen) atoms. The van der Waals surface area contributed by atoms with Crippen molar-refractivity contribution in [3.05, 3.63) is 59.1 Å². The first-order chi connectivity index (χ1) is 11.7. The van der Waals surface area contributed by atoms with Crippen molar-refractivity contribution in [2.24, 2.45) is 0 Å². The lowest BCUT2D eigenvalue weighted by Gasteiger charge is -2.17. The minimum absolute atomic E-state index is 0.207. The summed E-state index contributed by atoms with van der Waals surface area (Å²) in [5.41, 5.74) is 0.709. The highest BCUT2D eigenvalue weighted by molar-refractivity contribution is 6.32. The highest BCUT2D eigenvalue weighted by atomic mass is 35.5. The second-order valence-electron chi connectivity index (χ2n) is 4.92. The van der Waals surface area contributed by atoms with E-state index >= 15 is 0 Å². The smallest absolute Gasteiger partial charge is 0.225 e. The zero-order valence-corrected chi connectivity index (χ0v) is 13.1. The second kappa shape index (κ2) is 7.24. The number of hydrogen-bond acceptors (Lipinski definition) is 6. The SMILES string of the molecule is OC[C@H](Nc1ncc(Cl)c(Nc2ccn[nH]2)n1)c1ccc(F)cc1. The average Bonchev–Trinajstić information content (AvgIpc) is 3.09. The summed E-state index contributed by atoms with van der Waals surface area (Å²) in [4.78, 5) is 8.37. The van der Waals surface area contributed by atoms with Crippen LogP contribution in [0.3, 0.4) is 0 Å². The van der Waals surface area contributed by atoms with Crippen LogP contribution in [0.2, 0.25) is 5.02 Å². The van der Waals surface area contributed by atoms with Gasteiger partial charge in [-0.15, -0.1) is 0 Å². The molecule has 0 saturated carbocycles. The van der Waals surface area contributed by atoms with Crippen LogP contribution in [0, 0.1) is 5.82 Å². The van der Waals surface area contributed by atoms with Crippen molar-refractivity contribution >= 4 is 29.2 Å². The maximum Gasteiger partial charge on any atom is 0.225 e. The van der Waals surface area contributed by atoms with Crippen LogP contribution in [0.4, 0.5) is 22.0 Å². The van der Waals surface area contributed by atoms with Crippen LogP contribution in [-0.2, 0) is 0 Å². The van der Waals surface area contributed by atoms with Crippen LogP contribution < -0.4 is 10.6 Å². The molecule has 0 fully saturated rings. The van der Waals surface area contributed by atoms with E-state index in [0.717, 1.165) is 0 Å². The van der Waals surface area contributed by atoms with Crippen molar-refractivity contribution in [3.8, 4) is 0 Å². The summed E-state index contributed by atoms with van der Waals surface area (Å²) in [5, 5.41) is 22.4. The Bertz CT molecular complexity index is 796. The first-order valence-electron chi connectivity index (χ1n) is 7.07. The first kappa shape index (κ1) is 16.2. The summed E-state index contributed by atoms with van der Waals surface area (Å²) < 4.78 is 13.0. The van der Waals surface area contributed by atoms with E-state index in [9.17, 15) is 9.50 Å². The number of H-pyrrole nitrogens is 1. The van der Waals surface area contributed by atoms with Gasteiger partial charge in [0.15, 0.2) is 5.82 Å². The van der Waals surface area contributed by atoms with Crippen molar-refractivity contribution in [1.82, 2.24) is 20.2 Å². The normalized spacial score (nSPS) is 12.0. The number of aromatic amines is 1. The molecule has 0 unspecified atom stereocenters. The van der Waals surface area contributed by atoms with Gasteiger partial charge in [0.05, 0.1) is 25.0 Å². The third-order valence-electron chi connectivity index (χ3n) is 3.26. The Hall–Kier alpha value is -2.71. The molecule has 3 aromatic rings. The highest BCUT2D eigenvalue weighted by Gasteiger charge is 2.13. The van der Waals surface area contributed by atoms with Gasteiger partial charge in [-0.05, 0) is 17.7 Å². The molecule has 0 aliphatic rings. The van der Waals surface area contributed by atoms with Crippen LogP contribution in [0.15, 0.2) is 42.7 Å². The summed E-state index contributed by atoms with van der Waals surface area (Å²) in [6.45, 7) is -0.207. The van der Waals surface area contributed by atoms with E-state index < -0.39 is 6.04 Å².